The molecule has 104 valence electrons. The molecule has 0 fully saturated rings. The Labute approximate surface area is 111 Å². The molecule has 1 rings (SSSR count). The normalized spacial score (nSPS) is 10.4. The van der Waals surface area contributed by atoms with Crippen LogP contribution in [0.5, 0.6) is 5.75 Å². The summed E-state index contributed by atoms with van der Waals surface area (Å²) in [5.41, 5.74) is 0.566. The summed E-state index contributed by atoms with van der Waals surface area (Å²) in [5.74, 6) is -0.0498. The van der Waals surface area contributed by atoms with Gasteiger partial charge in [0, 0.05) is 26.7 Å². The van der Waals surface area contributed by atoms with E-state index < -0.39 is 11.0 Å². The molecule has 1 aromatic carbocycles. The van der Waals surface area contributed by atoms with Gasteiger partial charge in [0.1, 0.15) is 0 Å². The van der Waals surface area contributed by atoms with Crippen LogP contribution in [0.15, 0.2) is 18.2 Å². The summed E-state index contributed by atoms with van der Waals surface area (Å²) in [6.07, 6.45) is -0.650. The molecule has 0 heterocycles. The van der Waals surface area contributed by atoms with Crippen LogP contribution in [-0.4, -0.2) is 49.0 Å². The van der Waals surface area contributed by atoms with Crippen molar-refractivity contribution in [3.8, 4) is 5.75 Å². The molecule has 0 aliphatic heterocycles. The minimum Gasteiger partial charge on any atom is -0.403 e. The molecule has 0 unspecified atom stereocenters. The Morgan fingerprint density at radius 3 is 2.42 bits per heavy atom. The van der Waals surface area contributed by atoms with Gasteiger partial charge in [0.2, 0.25) is 5.75 Å². The molecule has 1 amide bonds. The summed E-state index contributed by atoms with van der Waals surface area (Å²) in [6.45, 7) is 0.572. The molecule has 0 aliphatic carbocycles. The van der Waals surface area contributed by atoms with Gasteiger partial charge in [-0.25, -0.2) is 4.79 Å². The average Bonchev–Trinajstić information content (AvgIpc) is 2.29. The molecule has 0 aliphatic rings. The number of rotatable bonds is 4. The maximum atomic E-state index is 11.4. The van der Waals surface area contributed by atoms with E-state index in [4.69, 9.17) is 4.74 Å². The van der Waals surface area contributed by atoms with E-state index in [1.807, 2.05) is 19.0 Å². The maximum Gasteiger partial charge on any atom is 0.414 e. The molecule has 1 aromatic rings. The highest BCUT2D eigenvalue weighted by Gasteiger charge is 2.19. The van der Waals surface area contributed by atoms with E-state index in [1.165, 1.54) is 31.1 Å². The summed E-state index contributed by atoms with van der Waals surface area (Å²) in [5, 5.41) is 11.0. The van der Waals surface area contributed by atoms with Crippen LogP contribution >= 0.6 is 0 Å². The Balaban J connectivity index is 3.05. The van der Waals surface area contributed by atoms with E-state index >= 15 is 0 Å². The number of amides is 1. The van der Waals surface area contributed by atoms with E-state index in [9.17, 15) is 14.9 Å². The summed E-state index contributed by atoms with van der Waals surface area (Å²) in [7, 11) is 6.75. The molecule has 0 bridgehead atoms. The summed E-state index contributed by atoms with van der Waals surface area (Å²) >= 11 is 0. The zero-order valence-electron chi connectivity index (χ0n) is 11.4. The molecule has 0 radical (unpaired) electrons. The average molecular weight is 267 g/mol. The van der Waals surface area contributed by atoms with E-state index in [0.717, 1.165) is 5.56 Å². The Morgan fingerprint density at radius 2 is 1.95 bits per heavy atom. The van der Waals surface area contributed by atoms with E-state index in [0.29, 0.717) is 6.54 Å². The number of ether oxygens (including phenoxy) is 1. The van der Waals surface area contributed by atoms with Crippen molar-refractivity contribution in [2.75, 3.05) is 28.2 Å². The third-order valence-corrected chi connectivity index (χ3v) is 2.28. The zero-order valence-corrected chi connectivity index (χ0v) is 11.4. The Kier molecular flexibility index (Phi) is 4.82. The predicted octanol–water partition coefficient (Wildman–Crippen LogP) is 1.72. The van der Waals surface area contributed by atoms with Gasteiger partial charge in [0.15, 0.2) is 0 Å². The molecule has 0 spiro atoms. The van der Waals surface area contributed by atoms with Crippen molar-refractivity contribution in [3.63, 3.8) is 0 Å². The number of nitro groups is 1. The van der Waals surface area contributed by atoms with Gasteiger partial charge in [-0.2, -0.15) is 0 Å². The highest BCUT2D eigenvalue weighted by atomic mass is 16.6. The molecule has 7 nitrogen and oxygen atoms in total. The first-order chi connectivity index (χ1) is 8.81. The molecule has 0 aromatic heterocycles. The highest BCUT2D eigenvalue weighted by Crippen LogP contribution is 2.28. The quantitative estimate of drug-likeness (QED) is 0.613. The molecule has 0 N–H and O–H groups in total. The number of nitro benzene ring substituents is 1. The first kappa shape index (κ1) is 14.9. The number of hydrogen-bond donors (Lipinski definition) is 0. The summed E-state index contributed by atoms with van der Waals surface area (Å²) in [4.78, 5) is 25.0. The number of carbonyl (C=O) groups is 1. The monoisotopic (exact) mass is 267 g/mol. The van der Waals surface area contributed by atoms with E-state index in [1.54, 1.807) is 6.07 Å². The molecule has 19 heavy (non-hydrogen) atoms. The lowest BCUT2D eigenvalue weighted by molar-refractivity contribution is -0.385. The topological polar surface area (TPSA) is 75.9 Å². The molecule has 0 saturated heterocycles. The minimum absolute atomic E-state index is 0.0498. The van der Waals surface area contributed by atoms with Crippen LogP contribution in [0.1, 0.15) is 5.56 Å². The first-order valence-corrected chi connectivity index (χ1v) is 5.62. The van der Waals surface area contributed by atoms with Crippen molar-refractivity contribution in [2.45, 2.75) is 6.54 Å². The number of carbonyl (C=O) groups excluding carboxylic acids is 1. The number of benzene rings is 1. The van der Waals surface area contributed by atoms with Crippen molar-refractivity contribution in [1.29, 1.82) is 0 Å². The van der Waals surface area contributed by atoms with Crippen LogP contribution in [0.3, 0.4) is 0 Å². The number of hydrogen-bond acceptors (Lipinski definition) is 5. The van der Waals surface area contributed by atoms with Crippen LogP contribution in [0.4, 0.5) is 10.5 Å². The van der Waals surface area contributed by atoms with Gasteiger partial charge in [-0.1, -0.05) is 6.07 Å². The standard InChI is InChI=1S/C12H17N3O4/c1-13(2)8-9-5-6-11(10(7-9)15(17)18)19-12(16)14(3)4/h5-7H,8H2,1-4H3. The van der Waals surface area contributed by atoms with Gasteiger partial charge in [-0.15, -0.1) is 0 Å². The predicted molar refractivity (Wildman–Crippen MR) is 70.2 cm³/mol. The highest BCUT2D eigenvalue weighted by molar-refractivity contribution is 5.71. The van der Waals surface area contributed by atoms with Crippen LogP contribution in [-0.2, 0) is 6.54 Å². The minimum atomic E-state index is -0.650. The Morgan fingerprint density at radius 1 is 1.32 bits per heavy atom. The van der Waals surface area contributed by atoms with Crippen molar-refractivity contribution in [3.05, 3.63) is 33.9 Å². The van der Waals surface area contributed by atoms with Crippen LogP contribution < -0.4 is 4.74 Å². The fraction of sp³-hybridized carbons (Fsp3) is 0.417. The Hall–Kier alpha value is -2.15. The van der Waals surface area contributed by atoms with Crippen LogP contribution in [0.2, 0.25) is 0 Å². The summed E-state index contributed by atoms with van der Waals surface area (Å²) in [6, 6.07) is 4.56. The lowest BCUT2D eigenvalue weighted by Crippen LogP contribution is -2.25. The van der Waals surface area contributed by atoms with Gasteiger partial charge in [-0.3, -0.25) is 10.1 Å². The third-order valence-electron chi connectivity index (χ3n) is 2.28. The molecular formula is C12H17N3O4. The second kappa shape index (κ2) is 6.14. The second-order valence-corrected chi connectivity index (χ2v) is 4.56. The lowest BCUT2D eigenvalue weighted by atomic mass is 10.2. The molecule has 0 atom stereocenters. The van der Waals surface area contributed by atoms with Crippen molar-refractivity contribution in [1.82, 2.24) is 9.80 Å². The number of nitrogens with zero attached hydrogens (tertiary/aromatic N) is 3. The van der Waals surface area contributed by atoms with Crippen molar-refractivity contribution >= 4 is 11.8 Å². The van der Waals surface area contributed by atoms with Crippen molar-refractivity contribution in [2.24, 2.45) is 0 Å². The van der Waals surface area contributed by atoms with Crippen LogP contribution in [0.25, 0.3) is 0 Å². The van der Waals surface area contributed by atoms with Gasteiger partial charge in [0.25, 0.3) is 0 Å². The smallest absolute Gasteiger partial charge is 0.403 e. The van der Waals surface area contributed by atoms with Gasteiger partial charge >= 0.3 is 11.8 Å². The SMILES string of the molecule is CN(C)Cc1ccc(OC(=O)N(C)C)c([N+](=O)[O-])c1. The first-order valence-electron chi connectivity index (χ1n) is 5.62. The lowest BCUT2D eigenvalue weighted by Gasteiger charge is -2.12. The van der Waals surface area contributed by atoms with E-state index in [2.05, 4.69) is 0 Å². The molecule has 0 saturated carbocycles. The Bertz CT molecular complexity index is 486. The third kappa shape index (κ3) is 4.22. The van der Waals surface area contributed by atoms with Gasteiger partial charge in [0.05, 0.1) is 4.92 Å². The molecular weight excluding hydrogens is 250 g/mol. The van der Waals surface area contributed by atoms with Gasteiger partial charge in [-0.05, 0) is 25.7 Å². The molecule has 7 heteroatoms. The maximum absolute atomic E-state index is 11.4. The van der Waals surface area contributed by atoms with Crippen molar-refractivity contribution < 1.29 is 14.5 Å². The fourth-order valence-electron chi connectivity index (χ4n) is 1.44. The summed E-state index contributed by atoms with van der Waals surface area (Å²) < 4.78 is 4.96. The second-order valence-electron chi connectivity index (χ2n) is 4.56. The largest absolute Gasteiger partial charge is 0.414 e. The van der Waals surface area contributed by atoms with Crippen LogP contribution in [0, 0.1) is 10.1 Å². The zero-order chi connectivity index (χ0) is 14.6. The van der Waals surface area contributed by atoms with E-state index in [-0.39, 0.29) is 11.4 Å². The fourth-order valence-corrected chi connectivity index (χ4v) is 1.44. The van der Waals surface area contributed by atoms with Gasteiger partial charge < -0.3 is 14.5 Å².